The summed E-state index contributed by atoms with van der Waals surface area (Å²) in [6, 6.07) is 15.6. The minimum Gasteiger partial charge on any atom is -0.497 e. The maximum Gasteiger partial charge on any atom is 0.118 e. The molecule has 3 rings (SSSR count). The maximum absolute atomic E-state index is 11.8. The Morgan fingerprint density at radius 3 is 2.30 bits per heavy atom. The van der Waals surface area contributed by atoms with Gasteiger partial charge in [0, 0.05) is 30.6 Å². The monoisotopic (exact) mass is 389 g/mol. The van der Waals surface area contributed by atoms with Gasteiger partial charge in [-0.25, -0.2) is 0 Å². The summed E-state index contributed by atoms with van der Waals surface area (Å²) in [5, 5.41) is 12.5. The zero-order valence-corrected chi connectivity index (χ0v) is 16.8. The summed E-state index contributed by atoms with van der Waals surface area (Å²) in [6.07, 6.45) is 0.608. The number of ether oxygens (including phenoxy) is 2. The first-order valence-corrected chi connectivity index (χ1v) is 9.87. The zero-order chi connectivity index (χ0) is 19.3. The van der Waals surface area contributed by atoms with Crippen LogP contribution in [0.1, 0.15) is 30.4 Å². The van der Waals surface area contributed by atoms with Crippen LogP contribution in [-0.2, 0) is 10.3 Å². The fraction of sp³-hybridized carbons (Fsp3) is 0.455. The zero-order valence-electron chi connectivity index (χ0n) is 16.0. The molecule has 4 nitrogen and oxygen atoms in total. The van der Waals surface area contributed by atoms with Crippen molar-refractivity contribution in [2.45, 2.75) is 24.9 Å². The molecule has 1 N–H and O–H groups in total. The summed E-state index contributed by atoms with van der Waals surface area (Å²) in [7, 11) is 1.65. The van der Waals surface area contributed by atoms with Crippen molar-refractivity contribution < 1.29 is 14.6 Å². The standard InChI is InChI=1S/C22H28ClNO3/c1-3-22(25,18-6-10-20(26-2)11-7-18)21(16-24-12-14-27-15-13-24)17-4-8-19(23)9-5-17/h4-11,21,25H,3,12-16H2,1-2H3/t21-,22+/m1/s1. The molecular formula is C22H28ClNO3. The maximum atomic E-state index is 11.8. The largest absolute Gasteiger partial charge is 0.497 e. The summed E-state index contributed by atoms with van der Waals surface area (Å²) in [4.78, 5) is 2.37. The van der Waals surface area contributed by atoms with Gasteiger partial charge in [0.25, 0.3) is 0 Å². The molecule has 0 radical (unpaired) electrons. The normalized spacial score (nSPS) is 18.7. The van der Waals surface area contributed by atoms with Crippen LogP contribution in [0.25, 0.3) is 0 Å². The van der Waals surface area contributed by atoms with Crippen molar-refractivity contribution in [2.24, 2.45) is 0 Å². The van der Waals surface area contributed by atoms with Crippen molar-refractivity contribution >= 4 is 11.6 Å². The average Bonchev–Trinajstić information content (AvgIpc) is 2.73. The van der Waals surface area contributed by atoms with E-state index in [2.05, 4.69) is 4.90 Å². The summed E-state index contributed by atoms with van der Waals surface area (Å²) < 4.78 is 10.8. The predicted octanol–water partition coefficient (Wildman–Crippen LogP) is 4.06. The summed E-state index contributed by atoms with van der Waals surface area (Å²) in [5.41, 5.74) is 1.00. The lowest BCUT2D eigenvalue weighted by Gasteiger charge is -2.40. The van der Waals surface area contributed by atoms with E-state index in [-0.39, 0.29) is 5.92 Å². The lowest BCUT2D eigenvalue weighted by molar-refractivity contribution is -0.0250. The van der Waals surface area contributed by atoms with E-state index in [1.165, 1.54) is 0 Å². The van der Waals surface area contributed by atoms with Gasteiger partial charge in [0.05, 0.1) is 25.9 Å². The molecule has 2 aromatic rings. The van der Waals surface area contributed by atoms with Gasteiger partial charge < -0.3 is 14.6 Å². The van der Waals surface area contributed by atoms with E-state index < -0.39 is 5.60 Å². The van der Waals surface area contributed by atoms with Crippen molar-refractivity contribution in [2.75, 3.05) is 40.0 Å². The molecule has 2 aromatic carbocycles. The molecule has 0 aromatic heterocycles. The number of methoxy groups -OCH3 is 1. The van der Waals surface area contributed by atoms with Gasteiger partial charge >= 0.3 is 0 Å². The Bertz CT molecular complexity index is 713. The Kier molecular flexibility index (Phi) is 6.77. The van der Waals surface area contributed by atoms with Crippen molar-refractivity contribution in [1.82, 2.24) is 4.90 Å². The third kappa shape index (κ3) is 4.64. The van der Waals surface area contributed by atoms with Crippen molar-refractivity contribution in [3.63, 3.8) is 0 Å². The van der Waals surface area contributed by atoms with E-state index in [0.29, 0.717) is 11.4 Å². The molecule has 0 unspecified atom stereocenters. The topological polar surface area (TPSA) is 41.9 Å². The van der Waals surface area contributed by atoms with Crippen LogP contribution in [0, 0.1) is 0 Å². The van der Waals surface area contributed by atoms with Gasteiger partial charge in [-0.1, -0.05) is 42.8 Å². The van der Waals surface area contributed by atoms with Crippen molar-refractivity contribution in [3.05, 3.63) is 64.7 Å². The Morgan fingerprint density at radius 2 is 1.74 bits per heavy atom. The first kappa shape index (κ1) is 20.2. The smallest absolute Gasteiger partial charge is 0.118 e. The minimum atomic E-state index is -0.988. The van der Waals surface area contributed by atoms with Crippen molar-refractivity contribution in [3.8, 4) is 5.75 Å². The van der Waals surface area contributed by atoms with Crippen LogP contribution in [0.5, 0.6) is 5.75 Å². The van der Waals surface area contributed by atoms with E-state index in [1.807, 2.05) is 55.5 Å². The molecule has 1 heterocycles. The van der Waals surface area contributed by atoms with Crippen LogP contribution in [0.2, 0.25) is 5.02 Å². The second kappa shape index (κ2) is 9.07. The minimum absolute atomic E-state index is 0.0775. The lowest BCUT2D eigenvalue weighted by atomic mass is 9.75. The summed E-state index contributed by atoms with van der Waals surface area (Å²) in [6.45, 7) is 6.04. The highest BCUT2D eigenvalue weighted by Crippen LogP contribution is 2.41. The molecule has 2 atom stereocenters. The fourth-order valence-electron chi connectivity index (χ4n) is 3.80. The van der Waals surface area contributed by atoms with Crippen LogP contribution in [-0.4, -0.2) is 50.0 Å². The van der Waals surface area contributed by atoms with E-state index in [9.17, 15) is 5.11 Å². The number of hydrogen-bond donors (Lipinski definition) is 1. The van der Waals surface area contributed by atoms with Gasteiger partial charge in [-0.05, 0) is 41.8 Å². The Hall–Kier alpha value is -1.59. The Morgan fingerprint density at radius 1 is 1.11 bits per heavy atom. The molecule has 27 heavy (non-hydrogen) atoms. The molecule has 0 bridgehead atoms. The van der Waals surface area contributed by atoms with Gasteiger partial charge in [-0.15, -0.1) is 0 Å². The SMILES string of the molecule is CC[C@](O)(c1ccc(OC)cc1)[C@H](CN1CCOCC1)c1ccc(Cl)cc1. The van der Waals surface area contributed by atoms with Crippen molar-refractivity contribution in [1.29, 1.82) is 0 Å². The highest BCUT2D eigenvalue weighted by atomic mass is 35.5. The first-order chi connectivity index (χ1) is 13.1. The molecule has 0 saturated carbocycles. The second-order valence-corrected chi connectivity index (χ2v) is 7.46. The molecular weight excluding hydrogens is 362 g/mol. The second-order valence-electron chi connectivity index (χ2n) is 7.02. The lowest BCUT2D eigenvalue weighted by Crippen LogP contribution is -2.44. The molecule has 146 valence electrons. The number of aliphatic hydroxyl groups is 1. The molecule has 0 spiro atoms. The number of rotatable bonds is 7. The predicted molar refractivity (Wildman–Crippen MR) is 109 cm³/mol. The van der Waals surface area contributed by atoms with E-state index in [0.717, 1.165) is 49.7 Å². The van der Waals surface area contributed by atoms with Crippen LogP contribution in [0.4, 0.5) is 0 Å². The molecule has 1 fully saturated rings. The number of morpholine rings is 1. The Labute approximate surface area is 166 Å². The summed E-state index contributed by atoms with van der Waals surface area (Å²) in [5.74, 6) is 0.708. The highest BCUT2D eigenvalue weighted by Gasteiger charge is 2.39. The highest BCUT2D eigenvalue weighted by molar-refractivity contribution is 6.30. The van der Waals surface area contributed by atoms with Crippen LogP contribution in [0.3, 0.4) is 0 Å². The average molecular weight is 390 g/mol. The first-order valence-electron chi connectivity index (χ1n) is 9.49. The van der Waals surface area contributed by atoms with E-state index in [1.54, 1.807) is 7.11 Å². The van der Waals surface area contributed by atoms with Gasteiger partial charge in [-0.2, -0.15) is 0 Å². The Balaban J connectivity index is 1.97. The third-order valence-corrected chi connectivity index (χ3v) is 5.77. The number of hydrogen-bond acceptors (Lipinski definition) is 4. The number of nitrogens with zero attached hydrogens (tertiary/aromatic N) is 1. The molecule has 0 amide bonds. The van der Waals surface area contributed by atoms with Gasteiger partial charge in [-0.3, -0.25) is 4.90 Å². The number of benzene rings is 2. The number of halogens is 1. The van der Waals surface area contributed by atoms with Gasteiger partial charge in [0.1, 0.15) is 5.75 Å². The van der Waals surface area contributed by atoms with Gasteiger partial charge in [0.2, 0.25) is 0 Å². The fourth-order valence-corrected chi connectivity index (χ4v) is 3.93. The molecule has 1 aliphatic heterocycles. The molecule has 1 aliphatic rings. The summed E-state index contributed by atoms with van der Waals surface area (Å²) >= 11 is 6.10. The van der Waals surface area contributed by atoms with Crippen LogP contribution >= 0.6 is 11.6 Å². The quantitative estimate of drug-likeness (QED) is 0.775. The van der Waals surface area contributed by atoms with Crippen LogP contribution in [0.15, 0.2) is 48.5 Å². The third-order valence-electron chi connectivity index (χ3n) is 5.52. The van der Waals surface area contributed by atoms with E-state index >= 15 is 0 Å². The van der Waals surface area contributed by atoms with Crippen LogP contribution < -0.4 is 4.74 Å². The van der Waals surface area contributed by atoms with E-state index in [4.69, 9.17) is 21.1 Å². The molecule has 0 aliphatic carbocycles. The molecule has 1 saturated heterocycles. The molecule has 5 heteroatoms. The van der Waals surface area contributed by atoms with Gasteiger partial charge in [0.15, 0.2) is 0 Å².